The van der Waals surface area contributed by atoms with Crippen LogP contribution in [0.3, 0.4) is 0 Å². The first kappa shape index (κ1) is 32.8. The van der Waals surface area contributed by atoms with Crippen LogP contribution in [0.25, 0.3) is 0 Å². The predicted molar refractivity (Wildman–Crippen MR) is 160 cm³/mol. The second kappa shape index (κ2) is 16.1. The molecule has 0 aliphatic carbocycles. The predicted octanol–water partition coefficient (Wildman–Crippen LogP) is 5.24. The Morgan fingerprint density at radius 1 is 0.929 bits per heavy atom. The zero-order valence-electron chi connectivity index (χ0n) is 24.9. The van der Waals surface area contributed by atoms with Crippen molar-refractivity contribution in [3.8, 4) is 0 Å². The third-order valence-electron chi connectivity index (χ3n) is 6.98. The summed E-state index contributed by atoms with van der Waals surface area (Å²) in [6, 6.07) is 11.9. The van der Waals surface area contributed by atoms with E-state index in [4.69, 9.17) is 0 Å². The number of aromatic nitrogens is 1. The lowest BCUT2D eigenvalue weighted by Crippen LogP contribution is -2.48. The highest BCUT2D eigenvalue weighted by atomic mass is 19.1. The Morgan fingerprint density at radius 3 is 2.24 bits per heavy atom. The number of halogens is 2. The molecule has 0 aliphatic heterocycles. The van der Waals surface area contributed by atoms with Crippen LogP contribution in [0.5, 0.6) is 0 Å². The van der Waals surface area contributed by atoms with E-state index in [0.717, 1.165) is 24.5 Å². The van der Waals surface area contributed by atoms with Crippen molar-refractivity contribution >= 4 is 11.8 Å². The fraction of sp³-hybridized carbons (Fsp3) is 0.424. The van der Waals surface area contributed by atoms with Gasteiger partial charge in [-0.3, -0.25) is 14.6 Å². The summed E-state index contributed by atoms with van der Waals surface area (Å²) in [5, 5.41) is 17.1. The average molecular weight is 581 g/mol. The molecule has 9 heteroatoms. The summed E-state index contributed by atoms with van der Waals surface area (Å²) in [6.07, 6.45) is 3.28. The number of amides is 2. The number of hydrogen-bond acceptors (Lipinski definition) is 5. The number of carbonyl (C=O) groups excluding carboxylic acids is 2. The summed E-state index contributed by atoms with van der Waals surface area (Å²) >= 11 is 0. The third kappa shape index (κ3) is 9.70. The van der Waals surface area contributed by atoms with Crippen LogP contribution in [-0.4, -0.2) is 58.6 Å². The molecule has 226 valence electrons. The number of pyridine rings is 1. The van der Waals surface area contributed by atoms with Crippen LogP contribution in [0.2, 0.25) is 0 Å². The highest BCUT2D eigenvalue weighted by Crippen LogP contribution is 2.16. The van der Waals surface area contributed by atoms with Gasteiger partial charge in [0.05, 0.1) is 23.3 Å². The van der Waals surface area contributed by atoms with Gasteiger partial charge in [0.25, 0.3) is 11.8 Å². The molecule has 3 rings (SSSR count). The van der Waals surface area contributed by atoms with Crippen LogP contribution in [0.1, 0.15) is 83.9 Å². The number of benzene rings is 2. The number of hydrogen-bond donors (Lipinski definition) is 3. The van der Waals surface area contributed by atoms with Gasteiger partial charge in [0.2, 0.25) is 0 Å². The number of carbonyl (C=O) groups is 2. The second-order valence-corrected chi connectivity index (χ2v) is 10.9. The molecule has 2 aromatic carbocycles. The van der Waals surface area contributed by atoms with Gasteiger partial charge in [-0.2, -0.15) is 0 Å². The van der Waals surface area contributed by atoms with Crippen molar-refractivity contribution in [2.75, 3.05) is 19.6 Å². The molecule has 7 nitrogen and oxygen atoms in total. The Bertz CT molecular complexity index is 1310. The van der Waals surface area contributed by atoms with E-state index in [9.17, 15) is 23.5 Å². The first-order chi connectivity index (χ1) is 20.1. The minimum atomic E-state index is -1.09. The molecule has 2 unspecified atom stereocenters. The number of nitrogens with one attached hydrogen (secondary N) is 2. The van der Waals surface area contributed by atoms with Crippen molar-refractivity contribution in [2.45, 2.75) is 71.6 Å². The molecule has 0 spiro atoms. The van der Waals surface area contributed by atoms with Gasteiger partial charge < -0.3 is 20.6 Å². The van der Waals surface area contributed by atoms with Gasteiger partial charge in [-0.25, -0.2) is 8.78 Å². The number of aliphatic hydroxyl groups is 1. The molecule has 0 aliphatic rings. The summed E-state index contributed by atoms with van der Waals surface area (Å²) in [5.41, 5.74) is 2.98. The van der Waals surface area contributed by atoms with Gasteiger partial charge in [-0.15, -0.1) is 0 Å². The van der Waals surface area contributed by atoms with Crippen LogP contribution in [0.15, 0.2) is 60.9 Å². The van der Waals surface area contributed by atoms with Gasteiger partial charge in [-0.05, 0) is 60.1 Å². The Hall–Kier alpha value is -3.69. The van der Waals surface area contributed by atoms with E-state index in [2.05, 4.69) is 41.6 Å². The Labute approximate surface area is 247 Å². The summed E-state index contributed by atoms with van der Waals surface area (Å²) in [4.78, 5) is 32.2. The first-order valence-electron chi connectivity index (χ1n) is 14.6. The van der Waals surface area contributed by atoms with E-state index >= 15 is 0 Å². The zero-order valence-corrected chi connectivity index (χ0v) is 24.9. The van der Waals surface area contributed by atoms with Crippen LogP contribution < -0.4 is 10.6 Å². The molecule has 42 heavy (non-hydrogen) atoms. The van der Waals surface area contributed by atoms with Gasteiger partial charge >= 0.3 is 0 Å². The summed E-state index contributed by atoms with van der Waals surface area (Å²) in [7, 11) is 0. The number of aliphatic hydroxyl groups excluding tert-OH is 1. The van der Waals surface area contributed by atoms with Crippen LogP contribution in [0, 0.1) is 11.6 Å². The van der Waals surface area contributed by atoms with Crippen molar-refractivity contribution in [3.05, 3.63) is 100 Å². The Kier molecular flexibility index (Phi) is 12.6. The maximum absolute atomic E-state index is 13.9. The van der Waals surface area contributed by atoms with E-state index in [1.807, 2.05) is 26.0 Å². The standard InChI is InChI=1S/C33H42F2N4O3/c1-5-10-39(11-6-2)33(42)27-16-26(19-37-20-27)32(41)38-30(15-24-13-28(34)17-29(35)14-24)31(40)21-36-18-23-8-7-9-25(12-23)22(3)4/h7-9,12-14,16-17,19-20,22,30-31,36,40H,5-6,10-11,15,18,21H2,1-4H3,(H,38,41). The van der Waals surface area contributed by atoms with Crippen LogP contribution in [-0.2, 0) is 13.0 Å². The molecule has 2 amide bonds. The molecule has 0 saturated heterocycles. The van der Waals surface area contributed by atoms with Crippen molar-refractivity contribution in [1.29, 1.82) is 0 Å². The largest absolute Gasteiger partial charge is 0.390 e. The fourth-order valence-electron chi connectivity index (χ4n) is 4.80. The normalized spacial score (nSPS) is 12.7. The van der Waals surface area contributed by atoms with Gasteiger partial charge in [0.1, 0.15) is 11.6 Å². The molecule has 0 fully saturated rings. The monoisotopic (exact) mass is 580 g/mol. The highest BCUT2D eigenvalue weighted by Gasteiger charge is 2.24. The SMILES string of the molecule is CCCN(CCC)C(=O)c1cncc(C(=O)NC(Cc2cc(F)cc(F)c2)C(O)CNCc2cccc(C(C)C)c2)c1. The van der Waals surface area contributed by atoms with E-state index in [1.165, 1.54) is 36.2 Å². The third-order valence-corrected chi connectivity index (χ3v) is 6.98. The summed E-state index contributed by atoms with van der Waals surface area (Å²) in [6.45, 7) is 10.0. The highest BCUT2D eigenvalue weighted by molar-refractivity contribution is 5.99. The molecular formula is C33H42F2N4O3. The van der Waals surface area contributed by atoms with Crippen molar-refractivity contribution in [1.82, 2.24) is 20.5 Å². The second-order valence-electron chi connectivity index (χ2n) is 10.9. The average Bonchev–Trinajstić information content (AvgIpc) is 2.96. The Balaban J connectivity index is 1.76. The fourth-order valence-corrected chi connectivity index (χ4v) is 4.80. The van der Waals surface area contributed by atoms with E-state index in [0.29, 0.717) is 36.7 Å². The molecule has 3 N–H and O–H groups in total. The molecule has 0 bridgehead atoms. The minimum absolute atomic E-state index is 0.0150. The molecule has 2 atom stereocenters. The summed E-state index contributed by atoms with van der Waals surface area (Å²) < 4.78 is 27.9. The molecule has 0 radical (unpaired) electrons. The Morgan fingerprint density at radius 2 is 1.60 bits per heavy atom. The van der Waals surface area contributed by atoms with Gasteiger partial charge in [0, 0.05) is 44.6 Å². The molecular weight excluding hydrogens is 538 g/mol. The maximum Gasteiger partial charge on any atom is 0.255 e. The van der Waals surface area contributed by atoms with Gasteiger partial charge in [-0.1, -0.05) is 52.0 Å². The number of rotatable bonds is 15. The van der Waals surface area contributed by atoms with Crippen molar-refractivity contribution in [3.63, 3.8) is 0 Å². The zero-order chi connectivity index (χ0) is 30.6. The molecule has 1 heterocycles. The van der Waals surface area contributed by atoms with Crippen LogP contribution >= 0.6 is 0 Å². The quantitative estimate of drug-likeness (QED) is 0.229. The van der Waals surface area contributed by atoms with Gasteiger partial charge in [0.15, 0.2) is 0 Å². The molecule has 3 aromatic rings. The first-order valence-corrected chi connectivity index (χ1v) is 14.6. The van der Waals surface area contributed by atoms with Crippen LogP contribution in [0.4, 0.5) is 8.78 Å². The van der Waals surface area contributed by atoms with E-state index < -0.39 is 29.7 Å². The van der Waals surface area contributed by atoms with Crippen molar-refractivity contribution in [2.24, 2.45) is 0 Å². The van der Waals surface area contributed by atoms with E-state index in [1.54, 1.807) is 4.90 Å². The molecule has 0 saturated carbocycles. The van der Waals surface area contributed by atoms with E-state index in [-0.39, 0.29) is 24.4 Å². The lowest BCUT2D eigenvalue weighted by molar-refractivity contribution is 0.0755. The molecule has 1 aromatic heterocycles. The lowest BCUT2D eigenvalue weighted by Gasteiger charge is -2.25. The smallest absolute Gasteiger partial charge is 0.255 e. The minimum Gasteiger partial charge on any atom is -0.390 e. The summed E-state index contributed by atoms with van der Waals surface area (Å²) in [5.74, 6) is -1.87. The maximum atomic E-state index is 13.9. The van der Waals surface area contributed by atoms with Crippen molar-refractivity contribution < 1.29 is 23.5 Å². The topological polar surface area (TPSA) is 94.6 Å². The number of nitrogens with zero attached hydrogens (tertiary/aromatic N) is 2. The lowest BCUT2D eigenvalue weighted by atomic mass is 9.99.